The van der Waals surface area contributed by atoms with Crippen LogP contribution in [0.4, 0.5) is 0 Å². The van der Waals surface area contributed by atoms with E-state index in [0.29, 0.717) is 0 Å². The molecular formula is C20H27N. The van der Waals surface area contributed by atoms with Gasteiger partial charge >= 0.3 is 0 Å². The SMILES string of the molecule is CCC(C)(C)c1ccc(C(N)c2cc(C)cc(C)c2)cc1. The zero-order valence-corrected chi connectivity index (χ0v) is 13.9. The van der Waals surface area contributed by atoms with E-state index in [1.165, 1.54) is 27.8 Å². The largest absolute Gasteiger partial charge is 0.320 e. The molecule has 0 heterocycles. The molecule has 0 amide bonds. The molecule has 0 aromatic heterocycles. The molecule has 0 aliphatic carbocycles. The fourth-order valence-corrected chi connectivity index (χ4v) is 2.73. The molecule has 2 N–H and O–H groups in total. The molecule has 0 aliphatic heterocycles. The summed E-state index contributed by atoms with van der Waals surface area (Å²) in [5, 5.41) is 0. The number of rotatable bonds is 4. The van der Waals surface area contributed by atoms with Crippen molar-refractivity contribution in [2.24, 2.45) is 5.73 Å². The van der Waals surface area contributed by atoms with Crippen molar-refractivity contribution in [2.75, 3.05) is 0 Å². The van der Waals surface area contributed by atoms with Crippen molar-refractivity contribution in [3.05, 3.63) is 70.3 Å². The number of nitrogens with two attached hydrogens (primary N) is 1. The average Bonchev–Trinajstić information content (AvgIpc) is 2.45. The first-order valence-corrected chi connectivity index (χ1v) is 7.77. The average molecular weight is 281 g/mol. The van der Waals surface area contributed by atoms with Crippen molar-refractivity contribution in [2.45, 2.75) is 52.5 Å². The Kier molecular flexibility index (Phi) is 4.53. The molecule has 2 aromatic carbocycles. The number of hydrogen-bond donors (Lipinski definition) is 1. The van der Waals surface area contributed by atoms with Crippen LogP contribution >= 0.6 is 0 Å². The Hall–Kier alpha value is -1.60. The highest BCUT2D eigenvalue weighted by Gasteiger charge is 2.18. The molecule has 0 bridgehead atoms. The highest BCUT2D eigenvalue weighted by Crippen LogP contribution is 2.29. The standard InChI is InChI=1S/C20H27N/c1-6-20(4,5)18-9-7-16(8-10-18)19(21)17-12-14(2)11-15(3)13-17/h7-13,19H,6,21H2,1-5H3. The van der Waals surface area contributed by atoms with Crippen molar-refractivity contribution in [3.8, 4) is 0 Å². The van der Waals surface area contributed by atoms with E-state index in [1.807, 2.05) is 0 Å². The van der Waals surface area contributed by atoms with Crippen molar-refractivity contribution >= 4 is 0 Å². The first-order valence-electron chi connectivity index (χ1n) is 7.77. The smallest absolute Gasteiger partial charge is 0.0551 e. The van der Waals surface area contributed by atoms with E-state index in [4.69, 9.17) is 5.73 Å². The minimum atomic E-state index is -0.0533. The molecule has 0 saturated carbocycles. The lowest BCUT2D eigenvalue weighted by Gasteiger charge is -2.24. The molecule has 0 fully saturated rings. The van der Waals surface area contributed by atoms with Gasteiger partial charge in [-0.15, -0.1) is 0 Å². The van der Waals surface area contributed by atoms with Crippen molar-refractivity contribution in [1.82, 2.24) is 0 Å². The lowest BCUT2D eigenvalue weighted by molar-refractivity contribution is 0.506. The Morgan fingerprint density at radius 1 is 0.905 bits per heavy atom. The maximum absolute atomic E-state index is 6.45. The Balaban J connectivity index is 2.30. The van der Waals surface area contributed by atoms with E-state index in [1.54, 1.807) is 0 Å². The van der Waals surface area contributed by atoms with E-state index in [2.05, 4.69) is 77.1 Å². The van der Waals surface area contributed by atoms with Crippen molar-refractivity contribution in [3.63, 3.8) is 0 Å². The third kappa shape index (κ3) is 3.54. The maximum Gasteiger partial charge on any atom is 0.0551 e. The monoisotopic (exact) mass is 281 g/mol. The zero-order valence-electron chi connectivity index (χ0n) is 13.9. The van der Waals surface area contributed by atoms with E-state index < -0.39 is 0 Å². The van der Waals surface area contributed by atoms with Gasteiger partial charge in [0.25, 0.3) is 0 Å². The summed E-state index contributed by atoms with van der Waals surface area (Å²) in [4.78, 5) is 0. The second kappa shape index (κ2) is 6.03. The molecule has 112 valence electrons. The van der Waals surface area contributed by atoms with Crippen LogP contribution in [-0.4, -0.2) is 0 Å². The van der Waals surface area contributed by atoms with Gasteiger partial charge in [-0.2, -0.15) is 0 Å². The molecule has 0 saturated heterocycles. The van der Waals surface area contributed by atoms with Gasteiger partial charge < -0.3 is 5.73 Å². The zero-order chi connectivity index (χ0) is 15.6. The Labute approximate surface area is 129 Å². The molecule has 1 nitrogen and oxygen atoms in total. The molecular weight excluding hydrogens is 254 g/mol. The van der Waals surface area contributed by atoms with Crippen LogP contribution in [0.15, 0.2) is 42.5 Å². The van der Waals surface area contributed by atoms with Gasteiger partial charge in [0, 0.05) is 0 Å². The van der Waals surface area contributed by atoms with Crippen LogP contribution in [-0.2, 0) is 5.41 Å². The van der Waals surface area contributed by atoms with Gasteiger partial charge in [-0.05, 0) is 42.4 Å². The normalized spacial score (nSPS) is 13.2. The number of aryl methyl sites for hydroxylation is 2. The lowest BCUT2D eigenvalue weighted by Crippen LogP contribution is -2.16. The van der Waals surface area contributed by atoms with E-state index >= 15 is 0 Å². The summed E-state index contributed by atoms with van der Waals surface area (Å²) >= 11 is 0. The molecule has 21 heavy (non-hydrogen) atoms. The van der Waals surface area contributed by atoms with Gasteiger partial charge in [0.2, 0.25) is 0 Å². The second-order valence-corrected chi connectivity index (χ2v) is 6.76. The molecule has 0 aliphatic rings. The first kappa shape index (κ1) is 15.8. The fourth-order valence-electron chi connectivity index (χ4n) is 2.73. The minimum Gasteiger partial charge on any atom is -0.320 e. The van der Waals surface area contributed by atoms with E-state index in [0.717, 1.165) is 6.42 Å². The Bertz CT molecular complexity index is 588. The topological polar surface area (TPSA) is 26.0 Å². The maximum atomic E-state index is 6.45. The summed E-state index contributed by atoms with van der Waals surface area (Å²) in [5.41, 5.74) is 12.9. The summed E-state index contributed by atoms with van der Waals surface area (Å²) < 4.78 is 0. The van der Waals surface area contributed by atoms with Gasteiger partial charge in [-0.1, -0.05) is 74.4 Å². The molecule has 0 spiro atoms. The molecule has 1 atom stereocenters. The Morgan fingerprint density at radius 3 is 1.90 bits per heavy atom. The van der Waals surface area contributed by atoms with Crippen LogP contribution < -0.4 is 5.73 Å². The van der Waals surface area contributed by atoms with Gasteiger partial charge in [-0.3, -0.25) is 0 Å². The van der Waals surface area contributed by atoms with E-state index in [-0.39, 0.29) is 11.5 Å². The van der Waals surface area contributed by atoms with Gasteiger partial charge in [0.15, 0.2) is 0 Å². The number of benzene rings is 2. The van der Waals surface area contributed by atoms with Crippen LogP contribution in [0.25, 0.3) is 0 Å². The second-order valence-electron chi connectivity index (χ2n) is 6.76. The van der Waals surface area contributed by atoms with E-state index in [9.17, 15) is 0 Å². The highest BCUT2D eigenvalue weighted by atomic mass is 14.6. The highest BCUT2D eigenvalue weighted by molar-refractivity contribution is 5.38. The van der Waals surface area contributed by atoms with Gasteiger partial charge in [-0.25, -0.2) is 0 Å². The molecule has 2 rings (SSSR count). The summed E-state index contributed by atoms with van der Waals surface area (Å²) in [6, 6.07) is 15.3. The summed E-state index contributed by atoms with van der Waals surface area (Å²) in [5.74, 6) is 0. The minimum absolute atomic E-state index is 0.0533. The summed E-state index contributed by atoms with van der Waals surface area (Å²) in [7, 11) is 0. The predicted octanol–water partition coefficient (Wildman–Crippen LogP) is 5.04. The molecule has 0 radical (unpaired) electrons. The number of hydrogen-bond acceptors (Lipinski definition) is 1. The van der Waals surface area contributed by atoms with Crippen LogP contribution in [0, 0.1) is 13.8 Å². The van der Waals surface area contributed by atoms with Crippen molar-refractivity contribution in [1.29, 1.82) is 0 Å². The fraction of sp³-hybridized carbons (Fsp3) is 0.400. The van der Waals surface area contributed by atoms with Gasteiger partial charge in [0.05, 0.1) is 6.04 Å². The van der Waals surface area contributed by atoms with Crippen molar-refractivity contribution < 1.29 is 0 Å². The van der Waals surface area contributed by atoms with Crippen LogP contribution in [0.2, 0.25) is 0 Å². The summed E-state index contributed by atoms with van der Waals surface area (Å²) in [6.07, 6.45) is 1.13. The predicted molar refractivity (Wildman–Crippen MR) is 91.7 cm³/mol. The third-order valence-electron chi connectivity index (χ3n) is 4.54. The molecule has 1 heteroatoms. The van der Waals surface area contributed by atoms with Gasteiger partial charge in [0.1, 0.15) is 0 Å². The van der Waals surface area contributed by atoms with Crippen LogP contribution in [0.3, 0.4) is 0 Å². The molecule has 2 aromatic rings. The molecule has 1 unspecified atom stereocenters. The lowest BCUT2D eigenvalue weighted by atomic mass is 9.81. The summed E-state index contributed by atoms with van der Waals surface area (Å²) in [6.45, 7) is 11.0. The third-order valence-corrected chi connectivity index (χ3v) is 4.54. The van der Waals surface area contributed by atoms with Crippen LogP contribution in [0.1, 0.15) is 61.1 Å². The van der Waals surface area contributed by atoms with Crippen LogP contribution in [0.5, 0.6) is 0 Å². The quantitative estimate of drug-likeness (QED) is 0.835. The Morgan fingerprint density at radius 2 is 1.43 bits per heavy atom. The first-order chi connectivity index (χ1) is 9.83.